The minimum atomic E-state index is -0.290. The van der Waals surface area contributed by atoms with Crippen LogP contribution in [0.5, 0.6) is 17.2 Å². The van der Waals surface area contributed by atoms with E-state index in [1.807, 2.05) is 36.7 Å². The highest BCUT2D eigenvalue weighted by atomic mass is 32.2. The lowest BCUT2D eigenvalue weighted by Crippen LogP contribution is -2.15. The zero-order chi connectivity index (χ0) is 23.3. The third kappa shape index (κ3) is 5.53. The van der Waals surface area contributed by atoms with Gasteiger partial charge >= 0.3 is 0 Å². The third-order valence-electron chi connectivity index (χ3n) is 5.04. The Hall–Kier alpha value is -3.20. The molecule has 0 radical (unpaired) electrons. The fourth-order valence-electron chi connectivity index (χ4n) is 3.07. The number of ether oxygens (including phenoxy) is 3. The van der Waals surface area contributed by atoms with Crippen LogP contribution in [-0.4, -0.2) is 40.6 Å². The lowest BCUT2D eigenvalue weighted by atomic mass is 10.1. The SMILES string of the molecule is COc1ccc(NC(=O)CSc2nnc(C(C)Oc3ccc(C)c(C)c3)n2C)c(OC)c1. The first kappa shape index (κ1) is 23.5. The van der Waals surface area contributed by atoms with E-state index >= 15 is 0 Å². The number of methoxy groups -OCH3 is 2. The number of thioether (sulfide) groups is 1. The van der Waals surface area contributed by atoms with Crippen LogP contribution in [0.4, 0.5) is 5.69 Å². The highest BCUT2D eigenvalue weighted by Gasteiger charge is 2.18. The minimum Gasteiger partial charge on any atom is -0.497 e. The summed E-state index contributed by atoms with van der Waals surface area (Å²) < 4.78 is 18.4. The summed E-state index contributed by atoms with van der Waals surface area (Å²) in [6, 6.07) is 11.2. The van der Waals surface area contributed by atoms with Crippen molar-refractivity contribution >= 4 is 23.4 Å². The van der Waals surface area contributed by atoms with Crippen LogP contribution in [0.2, 0.25) is 0 Å². The Morgan fingerprint density at radius 2 is 1.81 bits per heavy atom. The molecule has 3 rings (SSSR count). The molecule has 32 heavy (non-hydrogen) atoms. The predicted molar refractivity (Wildman–Crippen MR) is 125 cm³/mol. The summed E-state index contributed by atoms with van der Waals surface area (Å²) in [7, 11) is 4.98. The molecular weight excluding hydrogens is 428 g/mol. The summed E-state index contributed by atoms with van der Waals surface area (Å²) >= 11 is 1.30. The van der Waals surface area contributed by atoms with Gasteiger partial charge in [-0.1, -0.05) is 17.8 Å². The van der Waals surface area contributed by atoms with Crippen molar-refractivity contribution in [2.45, 2.75) is 32.0 Å². The van der Waals surface area contributed by atoms with Gasteiger partial charge in [0.15, 0.2) is 17.1 Å². The van der Waals surface area contributed by atoms with E-state index in [0.29, 0.717) is 28.2 Å². The molecule has 0 aliphatic heterocycles. The van der Waals surface area contributed by atoms with Crippen LogP contribution in [0.15, 0.2) is 41.6 Å². The molecule has 170 valence electrons. The number of amides is 1. The Morgan fingerprint density at radius 3 is 2.50 bits per heavy atom. The van der Waals surface area contributed by atoms with Crippen LogP contribution in [-0.2, 0) is 11.8 Å². The lowest BCUT2D eigenvalue weighted by Gasteiger charge is -2.15. The Morgan fingerprint density at radius 1 is 1.06 bits per heavy atom. The van der Waals surface area contributed by atoms with Crippen molar-refractivity contribution in [1.29, 1.82) is 0 Å². The molecule has 0 spiro atoms. The summed E-state index contributed by atoms with van der Waals surface area (Å²) in [6.45, 7) is 6.04. The molecule has 8 nitrogen and oxygen atoms in total. The number of benzene rings is 2. The van der Waals surface area contributed by atoms with Crippen molar-refractivity contribution in [2.24, 2.45) is 7.05 Å². The Kier molecular flexibility index (Phi) is 7.63. The van der Waals surface area contributed by atoms with Gasteiger partial charge in [-0.15, -0.1) is 10.2 Å². The maximum Gasteiger partial charge on any atom is 0.234 e. The van der Waals surface area contributed by atoms with E-state index in [1.165, 1.54) is 22.9 Å². The molecule has 0 aliphatic carbocycles. The number of aryl methyl sites for hydroxylation is 2. The molecule has 1 atom stereocenters. The second-order valence-corrected chi connectivity index (χ2v) is 8.25. The molecule has 0 aliphatic rings. The van der Waals surface area contributed by atoms with Crippen molar-refractivity contribution in [3.05, 3.63) is 53.3 Å². The van der Waals surface area contributed by atoms with Crippen LogP contribution < -0.4 is 19.5 Å². The van der Waals surface area contributed by atoms with Crippen LogP contribution in [0.25, 0.3) is 0 Å². The van der Waals surface area contributed by atoms with Crippen LogP contribution in [0.1, 0.15) is 30.0 Å². The highest BCUT2D eigenvalue weighted by molar-refractivity contribution is 7.99. The van der Waals surface area contributed by atoms with E-state index in [1.54, 1.807) is 32.4 Å². The molecule has 2 aromatic carbocycles. The van der Waals surface area contributed by atoms with E-state index in [2.05, 4.69) is 29.4 Å². The molecule has 1 unspecified atom stereocenters. The predicted octanol–water partition coefficient (Wildman–Crippen LogP) is 4.32. The Labute approximate surface area is 192 Å². The third-order valence-corrected chi connectivity index (χ3v) is 6.06. The minimum absolute atomic E-state index is 0.174. The molecule has 0 bridgehead atoms. The average molecular weight is 457 g/mol. The van der Waals surface area contributed by atoms with Gasteiger partial charge in [0.1, 0.15) is 17.2 Å². The van der Waals surface area contributed by atoms with Gasteiger partial charge in [-0.25, -0.2) is 0 Å². The molecule has 1 aromatic heterocycles. The molecule has 1 heterocycles. The van der Waals surface area contributed by atoms with Crippen molar-refractivity contribution < 1.29 is 19.0 Å². The van der Waals surface area contributed by atoms with Crippen LogP contribution in [0, 0.1) is 13.8 Å². The number of aromatic nitrogens is 3. The zero-order valence-corrected chi connectivity index (χ0v) is 19.9. The maximum absolute atomic E-state index is 12.5. The highest BCUT2D eigenvalue weighted by Crippen LogP contribution is 2.30. The summed E-state index contributed by atoms with van der Waals surface area (Å²) in [6.07, 6.45) is -0.290. The number of nitrogens with zero attached hydrogens (tertiary/aromatic N) is 3. The number of hydrogen-bond acceptors (Lipinski definition) is 7. The standard InChI is InChI=1S/C23H28N4O4S/c1-14-7-8-18(11-15(14)2)31-16(3)22-25-26-23(27(22)4)32-13-21(28)24-19-10-9-17(29-5)12-20(19)30-6/h7-12,16H,13H2,1-6H3,(H,24,28). The molecule has 1 amide bonds. The van der Waals surface area contributed by atoms with Gasteiger partial charge in [0, 0.05) is 13.1 Å². The lowest BCUT2D eigenvalue weighted by molar-refractivity contribution is -0.113. The summed E-state index contributed by atoms with van der Waals surface area (Å²) in [5, 5.41) is 12.0. The number of carbonyl (C=O) groups excluding carboxylic acids is 1. The van der Waals surface area contributed by atoms with Crippen molar-refractivity contribution in [3.8, 4) is 17.2 Å². The maximum atomic E-state index is 12.5. The Balaban J connectivity index is 1.60. The normalized spacial score (nSPS) is 11.7. The average Bonchev–Trinajstić information content (AvgIpc) is 3.15. The van der Waals surface area contributed by atoms with Crippen molar-refractivity contribution in [1.82, 2.24) is 14.8 Å². The van der Waals surface area contributed by atoms with E-state index in [4.69, 9.17) is 14.2 Å². The largest absolute Gasteiger partial charge is 0.497 e. The second kappa shape index (κ2) is 10.4. The molecular formula is C23H28N4O4S. The summed E-state index contributed by atoms with van der Waals surface area (Å²) in [5.41, 5.74) is 2.96. The fraction of sp³-hybridized carbons (Fsp3) is 0.348. The fourth-order valence-corrected chi connectivity index (χ4v) is 3.79. The number of hydrogen-bond donors (Lipinski definition) is 1. The van der Waals surface area contributed by atoms with Gasteiger partial charge in [-0.3, -0.25) is 4.79 Å². The van der Waals surface area contributed by atoms with E-state index in [9.17, 15) is 4.79 Å². The van der Waals surface area contributed by atoms with Gasteiger partial charge in [-0.05, 0) is 56.2 Å². The van der Waals surface area contributed by atoms with E-state index in [0.717, 1.165) is 5.75 Å². The van der Waals surface area contributed by atoms with Gasteiger partial charge in [0.25, 0.3) is 0 Å². The van der Waals surface area contributed by atoms with Gasteiger partial charge in [-0.2, -0.15) is 0 Å². The van der Waals surface area contributed by atoms with Crippen LogP contribution >= 0.6 is 11.8 Å². The second-order valence-electron chi connectivity index (χ2n) is 7.31. The van der Waals surface area contributed by atoms with E-state index in [-0.39, 0.29) is 17.8 Å². The summed E-state index contributed by atoms with van der Waals surface area (Å²) in [4.78, 5) is 12.5. The molecule has 9 heteroatoms. The number of nitrogens with one attached hydrogen (secondary N) is 1. The van der Waals surface area contributed by atoms with Gasteiger partial charge in [0.2, 0.25) is 5.91 Å². The molecule has 1 N–H and O–H groups in total. The molecule has 0 saturated carbocycles. The first-order valence-corrected chi connectivity index (χ1v) is 11.1. The van der Waals surface area contributed by atoms with E-state index < -0.39 is 0 Å². The van der Waals surface area contributed by atoms with Gasteiger partial charge in [0.05, 0.1) is 25.7 Å². The number of carbonyl (C=O) groups is 1. The van der Waals surface area contributed by atoms with Gasteiger partial charge < -0.3 is 24.1 Å². The topological polar surface area (TPSA) is 87.5 Å². The van der Waals surface area contributed by atoms with Crippen molar-refractivity contribution in [2.75, 3.05) is 25.3 Å². The first-order chi connectivity index (χ1) is 15.3. The Bertz CT molecular complexity index is 1100. The zero-order valence-electron chi connectivity index (χ0n) is 19.1. The molecule has 0 saturated heterocycles. The molecule has 3 aromatic rings. The molecule has 0 fully saturated rings. The number of rotatable bonds is 9. The number of anilines is 1. The smallest absolute Gasteiger partial charge is 0.234 e. The summed E-state index contributed by atoms with van der Waals surface area (Å²) in [5.74, 6) is 2.64. The van der Waals surface area contributed by atoms with Crippen LogP contribution in [0.3, 0.4) is 0 Å². The quantitative estimate of drug-likeness (QED) is 0.480. The first-order valence-electron chi connectivity index (χ1n) is 10.1. The van der Waals surface area contributed by atoms with Crippen molar-refractivity contribution in [3.63, 3.8) is 0 Å². The monoisotopic (exact) mass is 456 g/mol.